The van der Waals surface area contributed by atoms with E-state index in [-0.39, 0.29) is 17.8 Å². The zero-order chi connectivity index (χ0) is 22.2. The summed E-state index contributed by atoms with van der Waals surface area (Å²) in [5, 5.41) is 0. The highest BCUT2D eigenvalue weighted by Crippen LogP contribution is 2.31. The fourth-order valence-electron chi connectivity index (χ4n) is 4.85. The minimum atomic E-state index is -0.210. The first-order valence-corrected chi connectivity index (χ1v) is 11.0. The van der Waals surface area contributed by atoms with Gasteiger partial charge in [-0.1, -0.05) is 12.1 Å². The normalized spacial score (nSPS) is 19.5. The maximum absolute atomic E-state index is 13.6. The maximum atomic E-state index is 13.6. The third-order valence-electron chi connectivity index (χ3n) is 6.44. The molecule has 2 heterocycles. The molecule has 3 aromatic rings. The van der Waals surface area contributed by atoms with Crippen LogP contribution in [0.15, 0.2) is 54.5 Å². The molecular formula is C26H26FN3O2. The molecule has 1 unspecified atom stereocenters. The highest BCUT2D eigenvalue weighted by atomic mass is 19.1. The molecule has 5 nitrogen and oxygen atoms in total. The quantitative estimate of drug-likeness (QED) is 0.572. The Morgan fingerprint density at radius 1 is 1.16 bits per heavy atom. The van der Waals surface area contributed by atoms with E-state index in [9.17, 15) is 9.18 Å². The van der Waals surface area contributed by atoms with E-state index in [0.717, 1.165) is 71.6 Å². The summed E-state index contributed by atoms with van der Waals surface area (Å²) >= 11 is 0. The van der Waals surface area contributed by atoms with Crippen molar-refractivity contribution in [3.8, 4) is 11.4 Å². The predicted molar refractivity (Wildman–Crippen MR) is 121 cm³/mol. The van der Waals surface area contributed by atoms with Crippen LogP contribution in [-0.4, -0.2) is 40.1 Å². The van der Waals surface area contributed by atoms with E-state index in [1.807, 2.05) is 52.9 Å². The lowest BCUT2D eigenvalue weighted by Crippen LogP contribution is -2.44. The SMILES string of the molecule is COc1cc(/C=C2\CCCN(C3Cc4ccc(F)cc4C3)C2=O)ccc1-n1cnc(C)c1. The molecule has 1 aromatic heterocycles. The van der Waals surface area contributed by atoms with Crippen molar-refractivity contribution < 1.29 is 13.9 Å². The number of halogens is 1. The van der Waals surface area contributed by atoms with E-state index in [4.69, 9.17) is 4.74 Å². The predicted octanol–water partition coefficient (Wildman–Crippen LogP) is 4.50. The molecule has 0 bridgehead atoms. The zero-order valence-corrected chi connectivity index (χ0v) is 18.3. The third-order valence-corrected chi connectivity index (χ3v) is 6.44. The van der Waals surface area contributed by atoms with Crippen LogP contribution in [0, 0.1) is 12.7 Å². The first kappa shape index (κ1) is 20.5. The van der Waals surface area contributed by atoms with Gasteiger partial charge in [0.1, 0.15) is 11.6 Å². The summed E-state index contributed by atoms with van der Waals surface area (Å²) in [5.74, 6) is 0.603. The smallest absolute Gasteiger partial charge is 0.250 e. The van der Waals surface area contributed by atoms with Crippen LogP contribution in [0.2, 0.25) is 0 Å². The number of hydrogen-bond acceptors (Lipinski definition) is 3. The Hall–Kier alpha value is -3.41. The van der Waals surface area contributed by atoms with Crippen LogP contribution in [0.3, 0.4) is 0 Å². The van der Waals surface area contributed by atoms with Crippen LogP contribution in [0.5, 0.6) is 5.75 Å². The van der Waals surface area contributed by atoms with Gasteiger partial charge in [-0.2, -0.15) is 0 Å². The third kappa shape index (κ3) is 3.81. The van der Waals surface area contributed by atoms with Crippen LogP contribution in [-0.2, 0) is 17.6 Å². The fraction of sp³-hybridized carbons (Fsp3) is 0.308. The number of nitrogens with zero attached hydrogens (tertiary/aromatic N) is 3. The Labute approximate surface area is 187 Å². The molecule has 5 rings (SSSR count). The number of aryl methyl sites for hydroxylation is 1. The zero-order valence-electron chi connectivity index (χ0n) is 18.3. The number of carbonyl (C=O) groups excluding carboxylic acids is 1. The van der Waals surface area contributed by atoms with E-state index in [0.29, 0.717) is 0 Å². The summed E-state index contributed by atoms with van der Waals surface area (Å²) in [5.41, 5.74) is 5.76. The van der Waals surface area contributed by atoms with Gasteiger partial charge in [-0.05, 0) is 79.6 Å². The molecule has 1 amide bonds. The summed E-state index contributed by atoms with van der Waals surface area (Å²) in [6, 6.07) is 11.0. The van der Waals surface area contributed by atoms with Gasteiger partial charge in [-0.15, -0.1) is 0 Å². The molecule has 0 spiro atoms. The van der Waals surface area contributed by atoms with Crippen molar-refractivity contribution in [1.29, 1.82) is 0 Å². The van der Waals surface area contributed by atoms with E-state index < -0.39 is 0 Å². The number of hydrogen-bond donors (Lipinski definition) is 0. The molecule has 1 fully saturated rings. The van der Waals surface area contributed by atoms with Gasteiger partial charge in [-0.25, -0.2) is 9.37 Å². The Balaban J connectivity index is 1.38. The van der Waals surface area contributed by atoms with Crippen molar-refractivity contribution in [1.82, 2.24) is 14.5 Å². The van der Waals surface area contributed by atoms with Crippen molar-refractivity contribution in [2.75, 3.05) is 13.7 Å². The number of aromatic nitrogens is 2. The second kappa shape index (κ2) is 8.26. The van der Waals surface area contributed by atoms with Gasteiger partial charge in [-0.3, -0.25) is 4.79 Å². The highest BCUT2D eigenvalue weighted by molar-refractivity contribution is 5.98. The highest BCUT2D eigenvalue weighted by Gasteiger charge is 2.33. The lowest BCUT2D eigenvalue weighted by atomic mass is 9.98. The van der Waals surface area contributed by atoms with Gasteiger partial charge >= 0.3 is 0 Å². The van der Waals surface area contributed by atoms with E-state index in [2.05, 4.69) is 4.98 Å². The number of ether oxygens (including phenoxy) is 1. The molecule has 1 aliphatic heterocycles. The van der Waals surface area contributed by atoms with E-state index in [1.165, 1.54) is 6.07 Å². The second-order valence-electron chi connectivity index (χ2n) is 8.60. The monoisotopic (exact) mass is 431 g/mol. The number of benzene rings is 2. The summed E-state index contributed by atoms with van der Waals surface area (Å²) in [4.78, 5) is 19.6. The van der Waals surface area contributed by atoms with E-state index in [1.54, 1.807) is 19.5 Å². The summed E-state index contributed by atoms with van der Waals surface area (Å²) < 4.78 is 21.1. The Morgan fingerprint density at radius 3 is 2.78 bits per heavy atom. The Kier molecular flexibility index (Phi) is 5.29. The largest absolute Gasteiger partial charge is 0.495 e. The molecular weight excluding hydrogens is 405 g/mol. The molecule has 32 heavy (non-hydrogen) atoms. The van der Waals surface area contributed by atoms with Gasteiger partial charge in [0.2, 0.25) is 5.91 Å². The molecule has 1 atom stereocenters. The average Bonchev–Trinajstić information content (AvgIpc) is 3.40. The molecule has 1 aliphatic carbocycles. The maximum Gasteiger partial charge on any atom is 0.250 e. The van der Waals surface area contributed by atoms with Gasteiger partial charge in [0, 0.05) is 24.4 Å². The number of piperidine rings is 1. The van der Waals surface area contributed by atoms with Crippen molar-refractivity contribution in [3.63, 3.8) is 0 Å². The van der Waals surface area contributed by atoms with E-state index >= 15 is 0 Å². The Bertz CT molecular complexity index is 1210. The average molecular weight is 432 g/mol. The summed E-state index contributed by atoms with van der Waals surface area (Å²) in [6.07, 6.45) is 8.89. The first-order valence-electron chi connectivity index (χ1n) is 11.0. The number of amides is 1. The van der Waals surface area contributed by atoms with Gasteiger partial charge in [0.15, 0.2) is 0 Å². The molecule has 0 N–H and O–H groups in total. The summed E-state index contributed by atoms with van der Waals surface area (Å²) in [7, 11) is 1.65. The van der Waals surface area contributed by atoms with Crippen LogP contribution in [0.25, 0.3) is 11.8 Å². The van der Waals surface area contributed by atoms with Gasteiger partial charge < -0.3 is 14.2 Å². The molecule has 164 valence electrons. The Morgan fingerprint density at radius 2 is 2.00 bits per heavy atom. The molecule has 1 saturated heterocycles. The van der Waals surface area contributed by atoms with Gasteiger partial charge in [0.05, 0.1) is 24.8 Å². The minimum Gasteiger partial charge on any atom is -0.495 e. The number of fused-ring (bicyclic) bond motifs is 1. The van der Waals surface area contributed by atoms with Crippen molar-refractivity contribution in [3.05, 3.63) is 82.7 Å². The van der Waals surface area contributed by atoms with Crippen LogP contribution in [0.4, 0.5) is 4.39 Å². The number of likely N-dealkylation sites (tertiary alicyclic amines) is 1. The fourth-order valence-corrected chi connectivity index (χ4v) is 4.85. The summed E-state index contributed by atoms with van der Waals surface area (Å²) in [6.45, 7) is 2.70. The molecule has 2 aromatic carbocycles. The van der Waals surface area contributed by atoms with Crippen LogP contribution in [0.1, 0.15) is 35.2 Å². The minimum absolute atomic E-state index is 0.0859. The molecule has 0 radical (unpaired) electrons. The second-order valence-corrected chi connectivity index (χ2v) is 8.60. The standard InChI is InChI=1S/C26H26FN3O2/c1-17-15-29(16-28-17)24-8-5-18(11-25(24)32-2)10-20-4-3-9-30(26(20)31)23-13-19-6-7-22(27)12-21(19)14-23/h5-8,10-12,15-16,23H,3-4,9,13-14H2,1-2H3/b20-10+. The van der Waals surface area contributed by atoms with Crippen molar-refractivity contribution >= 4 is 12.0 Å². The molecule has 6 heteroatoms. The van der Waals surface area contributed by atoms with Crippen molar-refractivity contribution in [2.45, 2.75) is 38.6 Å². The molecule has 2 aliphatic rings. The van der Waals surface area contributed by atoms with Gasteiger partial charge in [0.25, 0.3) is 0 Å². The number of imidazole rings is 1. The first-order chi connectivity index (χ1) is 15.5. The topological polar surface area (TPSA) is 47.4 Å². The van der Waals surface area contributed by atoms with Crippen LogP contribution >= 0.6 is 0 Å². The van der Waals surface area contributed by atoms with Crippen molar-refractivity contribution in [2.24, 2.45) is 0 Å². The lowest BCUT2D eigenvalue weighted by Gasteiger charge is -2.33. The number of methoxy groups -OCH3 is 1. The lowest BCUT2D eigenvalue weighted by molar-refractivity contribution is -0.130. The molecule has 0 saturated carbocycles. The van der Waals surface area contributed by atoms with Crippen LogP contribution < -0.4 is 4.74 Å². The number of carbonyl (C=O) groups is 1. The number of rotatable bonds is 4.